The molecule has 3 aromatic heterocycles. The first-order valence-electron chi connectivity index (χ1n) is 11.9. The monoisotopic (exact) mass is 562 g/mol. The summed E-state index contributed by atoms with van der Waals surface area (Å²) < 4.78 is 40.8. The molecule has 0 aliphatic carbocycles. The first-order chi connectivity index (χ1) is 18.0. The standard InChI is InChI=1S/C24H27FN6O5S2/c1-28-5-7-29(8-6-28)19(32)14-30-9-10-31-23(34)21(33)20(27-24(30)31)22-26-13-17(37-22)11-15-3-4-16(25)12-18(15)38(2,35)36/h3-4,9-10,12-13,19,32-33H,5-8,11,14H2,1-2H3. The minimum absolute atomic E-state index is 0.0114. The Morgan fingerprint density at radius 3 is 2.63 bits per heavy atom. The Labute approximate surface area is 222 Å². The van der Waals surface area contributed by atoms with Gasteiger partial charge in [-0.2, -0.15) is 0 Å². The summed E-state index contributed by atoms with van der Waals surface area (Å²) in [6, 6.07) is 3.59. The van der Waals surface area contributed by atoms with Crippen molar-refractivity contribution in [3.05, 3.63) is 63.4 Å². The second-order valence-corrected chi connectivity index (χ2v) is 12.5. The van der Waals surface area contributed by atoms with Gasteiger partial charge in [0, 0.05) is 62.3 Å². The highest BCUT2D eigenvalue weighted by molar-refractivity contribution is 7.90. The minimum atomic E-state index is -3.66. The minimum Gasteiger partial charge on any atom is -0.501 e. The van der Waals surface area contributed by atoms with Crippen LogP contribution in [-0.4, -0.2) is 93.1 Å². The van der Waals surface area contributed by atoms with Gasteiger partial charge >= 0.3 is 5.56 Å². The van der Waals surface area contributed by atoms with E-state index in [9.17, 15) is 27.8 Å². The van der Waals surface area contributed by atoms with Crippen molar-refractivity contribution in [2.75, 3.05) is 39.5 Å². The van der Waals surface area contributed by atoms with Crippen LogP contribution in [0.2, 0.25) is 0 Å². The van der Waals surface area contributed by atoms with Crippen LogP contribution in [0.15, 0.2) is 46.5 Å². The summed E-state index contributed by atoms with van der Waals surface area (Å²) in [6.07, 6.45) is 5.02. The largest absolute Gasteiger partial charge is 0.501 e. The number of halogens is 1. The van der Waals surface area contributed by atoms with Crippen LogP contribution in [0.3, 0.4) is 0 Å². The van der Waals surface area contributed by atoms with E-state index >= 15 is 0 Å². The van der Waals surface area contributed by atoms with E-state index in [1.807, 2.05) is 11.9 Å². The number of aliphatic hydroxyl groups excluding tert-OH is 1. The predicted molar refractivity (Wildman–Crippen MR) is 140 cm³/mol. The molecule has 1 aromatic carbocycles. The number of aromatic hydroxyl groups is 1. The van der Waals surface area contributed by atoms with Crippen LogP contribution < -0.4 is 5.56 Å². The smallest absolute Gasteiger partial charge is 0.302 e. The molecule has 1 aliphatic rings. The van der Waals surface area contributed by atoms with Crippen LogP contribution in [0.25, 0.3) is 16.5 Å². The van der Waals surface area contributed by atoms with E-state index in [1.165, 1.54) is 28.9 Å². The highest BCUT2D eigenvalue weighted by atomic mass is 32.2. The molecule has 4 heterocycles. The quantitative estimate of drug-likeness (QED) is 0.339. The summed E-state index contributed by atoms with van der Waals surface area (Å²) in [7, 11) is -1.63. The SMILES string of the molecule is CN1CCN(C(O)Cn2ccn3c(=O)c(O)c(-c4ncc(Cc5ccc(F)cc5S(C)(=O)=O)s4)nc23)CC1. The molecular formula is C24H27FN6O5S2. The highest BCUT2D eigenvalue weighted by Crippen LogP contribution is 2.31. The first kappa shape index (κ1) is 26.4. The number of piperazine rings is 1. The van der Waals surface area contributed by atoms with E-state index in [2.05, 4.69) is 14.9 Å². The Balaban J connectivity index is 1.45. The predicted octanol–water partition coefficient (Wildman–Crippen LogP) is 1.02. The third kappa shape index (κ3) is 5.22. The highest BCUT2D eigenvalue weighted by Gasteiger charge is 2.24. The normalized spacial score (nSPS) is 16.3. The Bertz CT molecular complexity index is 1660. The second kappa shape index (κ2) is 10.2. The lowest BCUT2D eigenvalue weighted by Gasteiger charge is -2.35. The van der Waals surface area contributed by atoms with Crippen LogP contribution in [0.1, 0.15) is 10.4 Å². The number of aliphatic hydroxyl groups is 1. The molecule has 1 atom stereocenters. The molecule has 1 unspecified atom stereocenters. The number of sulfone groups is 1. The average Bonchev–Trinajstić information content (AvgIpc) is 3.49. The van der Waals surface area contributed by atoms with Gasteiger partial charge in [0.2, 0.25) is 11.5 Å². The van der Waals surface area contributed by atoms with Crippen molar-refractivity contribution >= 4 is 27.0 Å². The van der Waals surface area contributed by atoms with Gasteiger partial charge in [-0.25, -0.2) is 27.2 Å². The third-order valence-corrected chi connectivity index (χ3v) is 8.78. The molecular weight excluding hydrogens is 535 g/mol. The summed E-state index contributed by atoms with van der Waals surface area (Å²) in [6.45, 7) is 3.30. The Kier molecular flexibility index (Phi) is 7.09. The molecule has 2 N–H and O–H groups in total. The molecule has 11 nitrogen and oxygen atoms in total. The molecule has 5 rings (SSSR count). The molecule has 38 heavy (non-hydrogen) atoms. The Morgan fingerprint density at radius 2 is 1.92 bits per heavy atom. The van der Waals surface area contributed by atoms with Gasteiger partial charge in [-0.15, -0.1) is 11.3 Å². The van der Waals surface area contributed by atoms with Gasteiger partial charge in [-0.1, -0.05) is 6.07 Å². The van der Waals surface area contributed by atoms with Gasteiger partial charge in [-0.05, 0) is 24.7 Å². The van der Waals surface area contributed by atoms with Crippen molar-refractivity contribution in [3.8, 4) is 16.5 Å². The van der Waals surface area contributed by atoms with Crippen molar-refractivity contribution in [1.82, 2.24) is 28.7 Å². The van der Waals surface area contributed by atoms with Crippen molar-refractivity contribution in [1.29, 1.82) is 0 Å². The number of hydrogen-bond donors (Lipinski definition) is 2. The molecule has 14 heteroatoms. The Morgan fingerprint density at radius 1 is 1.18 bits per heavy atom. The summed E-state index contributed by atoms with van der Waals surface area (Å²) in [5, 5.41) is 21.7. The number of fused-ring (bicyclic) bond motifs is 1. The lowest BCUT2D eigenvalue weighted by molar-refractivity contribution is -0.0306. The van der Waals surface area contributed by atoms with E-state index in [0.29, 0.717) is 23.5 Å². The summed E-state index contributed by atoms with van der Waals surface area (Å²) in [5.74, 6) is -0.979. The molecule has 0 spiro atoms. The van der Waals surface area contributed by atoms with E-state index in [0.717, 1.165) is 36.7 Å². The van der Waals surface area contributed by atoms with Gasteiger partial charge in [0.05, 0.1) is 11.4 Å². The topological polar surface area (TPSA) is 133 Å². The first-order valence-corrected chi connectivity index (χ1v) is 14.6. The van der Waals surface area contributed by atoms with E-state index in [-0.39, 0.29) is 34.3 Å². The average molecular weight is 563 g/mol. The maximum Gasteiger partial charge on any atom is 0.302 e. The number of thiazole rings is 1. The number of aromatic nitrogens is 4. The zero-order valence-corrected chi connectivity index (χ0v) is 22.4. The van der Waals surface area contributed by atoms with Crippen LogP contribution in [-0.2, 0) is 22.8 Å². The number of likely N-dealkylation sites (N-methyl/N-ethyl adjacent to an activating group) is 1. The maximum absolute atomic E-state index is 13.7. The van der Waals surface area contributed by atoms with E-state index in [4.69, 9.17) is 0 Å². The third-order valence-electron chi connectivity index (χ3n) is 6.59. The van der Waals surface area contributed by atoms with E-state index in [1.54, 1.807) is 10.8 Å². The van der Waals surface area contributed by atoms with Crippen LogP contribution in [0.4, 0.5) is 4.39 Å². The molecule has 4 aromatic rings. The lowest BCUT2D eigenvalue weighted by Crippen LogP contribution is -2.50. The van der Waals surface area contributed by atoms with Crippen molar-refractivity contribution in [2.24, 2.45) is 0 Å². The number of nitrogens with zero attached hydrogens (tertiary/aromatic N) is 6. The Hall–Kier alpha value is -3.17. The summed E-state index contributed by atoms with van der Waals surface area (Å²) in [4.78, 5) is 26.4. The molecule has 202 valence electrons. The molecule has 1 fully saturated rings. The molecule has 1 saturated heterocycles. The number of imidazole rings is 1. The van der Waals surface area contributed by atoms with Crippen LogP contribution in [0, 0.1) is 5.82 Å². The van der Waals surface area contributed by atoms with E-state index < -0.39 is 33.2 Å². The molecule has 0 saturated carbocycles. The van der Waals surface area contributed by atoms with Gasteiger partial charge in [0.25, 0.3) is 0 Å². The van der Waals surface area contributed by atoms with Gasteiger partial charge in [0.15, 0.2) is 15.5 Å². The lowest BCUT2D eigenvalue weighted by atomic mass is 10.1. The molecule has 0 radical (unpaired) electrons. The number of hydrogen-bond acceptors (Lipinski definition) is 10. The zero-order chi connectivity index (χ0) is 27.2. The van der Waals surface area contributed by atoms with Gasteiger partial charge in [0.1, 0.15) is 17.1 Å². The second-order valence-electron chi connectivity index (χ2n) is 9.39. The summed E-state index contributed by atoms with van der Waals surface area (Å²) >= 11 is 1.14. The molecule has 1 aliphatic heterocycles. The molecule has 0 bridgehead atoms. The summed E-state index contributed by atoms with van der Waals surface area (Å²) in [5.41, 5.74) is -0.279. The van der Waals surface area contributed by atoms with Crippen molar-refractivity contribution in [2.45, 2.75) is 24.1 Å². The number of rotatable bonds is 7. The maximum atomic E-state index is 13.7. The van der Waals surface area contributed by atoms with Gasteiger partial charge < -0.3 is 19.7 Å². The van der Waals surface area contributed by atoms with Crippen molar-refractivity contribution < 1.29 is 23.0 Å². The fourth-order valence-corrected chi connectivity index (χ4v) is 6.34. The molecule has 0 amide bonds. The zero-order valence-electron chi connectivity index (χ0n) is 20.8. The van der Waals surface area contributed by atoms with Crippen LogP contribution in [0.5, 0.6) is 5.75 Å². The van der Waals surface area contributed by atoms with Crippen LogP contribution >= 0.6 is 11.3 Å². The van der Waals surface area contributed by atoms with Gasteiger partial charge in [-0.3, -0.25) is 9.69 Å². The fraction of sp³-hybridized carbons (Fsp3) is 0.375. The van der Waals surface area contributed by atoms with Crippen molar-refractivity contribution in [3.63, 3.8) is 0 Å². The fourth-order valence-electron chi connectivity index (χ4n) is 4.47. The number of benzene rings is 1.